The summed E-state index contributed by atoms with van der Waals surface area (Å²) in [6.45, 7) is 0. The topological polar surface area (TPSA) is 47.0 Å². The molecule has 3 heterocycles. The zero-order chi connectivity index (χ0) is 10.3. The summed E-state index contributed by atoms with van der Waals surface area (Å²) in [7, 11) is 0. The molecule has 3 atom stereocenters. The van der Waals surface area contributed by atoms with E-state index < -0.39 is 0 Å². The molecule has 0 unspecified atom stereocenters. The van der Waals surface area contributed by atoms with E-state index in [9.17, 15) is 0 Å². The number of nitrogens with one attached hydrogen (secondary N) is 1. The number of fused-ring (bicyclic) bond motifs is 2. The molecule has 0 aliphatic carbocycles. The number of nitrogens with zero attached hydrogens (tertiary/aromatic N) is 2. The molecule has 1 aromatic rings. The number of ether oxygens (including phenoxy) is 1. The molecule has 3 rings (SSSR count). The minimum Gasteiger partial charge on any atom is -0.373 e. The number of hydrogen-bond donors (Lipinski definition) is 1. The molecular weight excluding hydrogens is 214 g/mol. The summed E-state index contributed by atoms with van der Waals surface area (Å²) >= 11 is 5.76. The molecule has 1 N–H and O–H groups in total. The normalized spacial score (nSPS) is 33.3. The highest BCUT2D eigenvalue weighted by Crippen LogP contribution is 2.35. The van der Waals surface area contributed by atoms with Crippen LogP contribution in [0.1, 0.15) is 19.3 Å². The van der Waals surface area contributed by atoms with E-state index in [1.54, 1.807) is 6.20 Å². The van der Waals surface area contributed by atoms with E-state index in [1.165, 1.54) is 12.6 Å². The largest absolute Gasteiger partial charge is 0.373 e. The third-order valence-corrected chi connectivity index (χ3v) is 3.23. The smallest absolute Gasteiger partial charge is 0.149 e. The molecule has 5 heteroatoms. The predicted octanol–water partition coefficient (Wildman–Crippen LogP) is 1.86. The molecule has 15 heavy (non-hydrogen) atoms. The molecule has 0 radical (unpaired) electrons. The minimum absolute atomic E-state index is 0.343. The molecular formula is C10H12ClN3O. The summed E-state index contributed by atoms with van der Waals surface area (Å²) in [5, 5.41) is 3.75. The Morgan fingerprint density at radius 3 is 3.00 bits per heavy atom. The van der Waals surface area contributed by atoms with Gasteiger partial charge in [-0.05, 0) is 19.3 Å². The van der Waals surface area contributed by atoms with E-state index in [0.29, 0.717) is 23.4 Å². The first-order valence-electron chi connectivity index (χ1n) is 5.21. The molecule has 2 fully saturated rings. The van der Waals surface area contributed by atoms with Crippen molar-refractivity contribution in [1.82, 2.24) is 9.97 Å². The van der Waals surface area contributed by atoms with Gasteiger partial charge < -0.3 is 10.1 Å². The summed E-state index contributed by atoms with van der Waals surface area (Å²) in [6, 6.07) is 0.372. The van der Waals surface area contributed by atoms with Gasteiger partial charge >= 0.3 is 0 Å². The van der Waals surface area contributed by atoms with Gasteiger partial charge in [0.05, 0.1) is 30.6 Å². The maximum absolute atomic E-state index is 5.76. The molecule has 0 spiro atoms. The molecule has 0 aromatic carbocycles. The van der Waals surface area contributed by atoms with Crippen LogP contribution in [0, 0.1) is 0 Å². The Hall–Kier alpha value is -0.870. The Morgan fingerprint density at radius 1 is 1.40 bits per heavy atom. The molecule has 2 bridgehead atoms. The number of hydrogen-bond acceptors (Lipinski definition) is 4. The first-order chi connectivity index (χ1) is 7.31. The van der Waals surface area contributed by atoms with Gasteiger partial charge in [-0.3, -0.25) is 4.98 Å². The van der Waals surface area contributed by atoms with Crippen LogP contribution in [0.15, 0.2) is 12.4 Å². The maximum Gasteiger partial charge on any atom is 0.149 e. The van der Waals surface area contributed by atoms with E-state index in [0.717, 1.165) is 18.7 Å². The van der Waals surface area contributed by atoms with Crippen LogP contribution in [0.2, 0.25) is 5.15 Å². The van der Waals surface area contributed by atoms with E-state index in [-0.39, 0.29) is 0 Å². The second kappa shape index (κ2) is 3.61. The van der Waals surface area contributed by atoms with E-state index in [1.807, 2.05) is 0 Å². The summed E-state index contributed by atoms with van der Waals surface area (Å²) in [5.74, 6) is 0.739. The van der Waals surface area contributed by atoms with Crippen molar-refractivity contribution in [2.24, 2.45) is 0 Å². The minimum atomic E-state index is 0.343. The molecule has 4 nitrogen and oxygen atoms in total. The number of halogens is 1. The van der Waals surface area contributed by atoms with Crippen LogP contribution in [0.25, 0.3) is 0 Å². The van der Waals surface area contributed by atoms with Crippen LogP contribution in [-0.2, 0) is 4.74 Å². The third-order valence-electron chi connectivity index (χ3n) is 3.04. The highest BCUT2D eigenvalue weighted by molar-refractivity contribution is 6.29. The van der Waals surface area contributed by atoms with Crippen molar-refractivity contribution in [2.45, 2.75) is 37.5 Å². The van der Waals surface area contributed by atoms with Crippen LogP contribution < -0.4 is 5.32 Å². The Balaban J connectivity index is 1.71. The third kappa shape index (κ3) is 1.79. The Labute approximate surface area is 93.0 Å². The molecule has 2 aliphatic rings. The van der Waals surface area contributed by atoms with Crippen molar-refractivity contribution in [3.05, 3.63) is 17.5 Å². The number of aromatic nitrogens is 2. The first kappa shape index (κ1) is 9.36. The molecule has 0 amide bonds. The van der Waals surface area contributed by atoms with Crippen LogP contribution >= 0.6 is 11.6 Å². The highest BCUT2D eigenvalue weighted by Gasteiger charge is 2.40. The van der Waals surface area contributed by atoms with Crippen LogP contribution in [0.4, 0.5) is 5.82 Å². The highest BCUT2D eigenvalue weighted by atomic mass is 35.5. The Bertz CT molecular complexity index is 373. The lowest BCUT2D eigenvalue weighted by molar-refractivity contribution is 0.102. The fraction of sp³-hybridized carbons (Fsp3) is 0.600. The SMILES string of the molecule is Clc1cncc(N[C@@H]2C[C@H]3CC[C@@H]2O3)n1. The first-order valence-corrected chi connectivity index (χ1v) is 5.58. The number of anilines is 1. The van der Waals surface area contributed by atoms with Gasteiger partial charge in [-0.25, -0.2) is 4.98 Å². The van der Waals surface area contributed by atoms with Gasteiger partial charge in [0.1, 0.15) is 11.0 Å². The lowest BCUT2D eigenvalue weighted by Gasteiger charge is -2.20. The molecule has 2 aliphatic heterocycles. The lowest BCUT2D eigenvalue weighted by atomic mass is 9.95. The lowest BCUT2D eigenvalue weighted by Crippen LogP contribution is -2.30. The fourth-order valence-corrected chi connectivity index (χ4v) is 2.54. The summed E-state index contributed by atoms with van der Waals surface area (Å²) < 4.78 is 5.74. The zero-order valence-corrected chi connectivity index (χ0v) is 8.94. The quantitative estimate of drug-likeness (QED) is 0.835. The number of rotatable bonds is 2. The van der Waals surface area contributed by atoms with Crippen LogP contribution in [0.5, 0.6) is 0 Å². The maximum atomic E-state index is 5.76. The van der Waals surface area contributed by atoms with E-state index in [4.69, 9.17) is 16.3 Å². The van der Waals surface area contributed by atoms with Crippen molar-refractivity contribution in [3.63, 3.8) is 0 Å². The van der Waals surface area contributed by atoms with Gasteiger partial charge in [0.25, 0.3) is 0 Å². The van der Waals surface area contributed by atoms with E-state index >= 15 is 0 Å². The molecule has 2 saturated heterocycles. The summed E-state index contributed by atoms with van der Waals surface area (Å²) in [4.78, 5) is 8.15. The standard InChI is InChI=1S/C10H12ClN3O/c11-9-4-12-5-10(14-9)13-7-3-6-1-2-8(7)15-6/h4-8H,1-3H2,(H,13,14)/t6-,7-,8+/m1/s1. The summed E-state index contributed by atoms with van der Waals surface area (Å²) in [5.41, 5.74) is 0. The van der Waals surface area contributed by atoms with Gasteiger partial charge in [0.2, 0.25) is 0 Å². The second-order valence-electron chi connectivity index (χ2n) is 4.09. The van der Waals surface area contributed by atoms with Crippen molar-refractivity contribution in [2.75, 3.05) is 5.32 Å². The molecule has 80 valence electrons. The second-order valence-corrected chi connectivity index (χ2v) is 4.47. The van der Waals surface area contributed by atoms with E-state index in [2.05, 4.69) is 15.3 Å². The average Bonchev–Trinajstić information content (AvgIpc) is 2.79. The summed E-state index contributed by atoms with van der Waals surface area (Å²) in [6.07, 6.45) is 7.43. The zero-order valence-electron chi connectivity index (χ0n) is 8.19. The molecule has 0 saturated carbocycles. The van der Waals surface area contributed by atoms with Gasteiger partial charge in [0, 0.05) is 0 Å². The fourth-order valence-electron chi connectivity index (χ4n) is 2.39. The molecule has 1 aromatic heterocycles. The van der Waals surface area contributed by atoms with Crippen LogP contribution in [-0.4, -0.2) is 28.2 Å². The van der Waals surface area contributed by atoms with Gasteiger partial charge in [0.15, 0.2) is 0 Å². The van der Waals surface area contributed by atoms with Crippen molar-refractivity contribution in [1.29, 1.82) is 0 Å². The van der Waals surface area contributed by atoms with Crippen LogP contribution in [0.3, 0.4) is 0 Å². The average molecular weight is 226 g/mol. The Morgan fingerprint density at radius 2 is 2.33 bits per heavy atom. The Kier molecular flexibility index (Phi) is 2.25. The van der Waals surface area contributed by atoms with Gasteiger partial charge in [-0.1, -0.05) is 11.6 Å². The van der Waals surface area contributed by atoms with Gasteiger partial charge in [-0.2, -0.15) is 0 Å². The monoisotopic (exact) mass is 225 g/mol. The van der Waals surface area contributed by atoms with Crippen molar-refractivity contribution >= 4 is 17.4 Å². The van der Waals surface area contributed by atoms with Crippen molar-refractivity contribution in [3.8, 4) is 0 Å². The van der Waals surface area contributed by atoms with Gasteiger partial charge in [-0.15, -0.1) is 0 Å². The predicted molar refractivity (Wildman–Crippen MR) is 57.0 cm³/mol. The van der Waals surface area contributed by atoms with Crippen molar-refractivity contribution < 1.29 is 4.74 Å².